The van der Waals surface area contributed by atoms with Gasteiger partial charge in [-0.15, -0.1) is 0 Å². The molecule has 0 spiro atoms. The van der Waals surface area contributed by atoms with Crippen molar-refractivity contribution in [3.8, 4) is 0 Å². The molecule has 126 valence electrons. The molecule has 1 saturated carbocycles. The van der Waals surface area contributed by atoms with Crippen LogP contribution in [-0.2, 0) is 12.6 Å². The Hall–Kier alpha value is -3.22. The summed E-state index contributed by atoms with van der Waals surface area (Å²) in [4.78, 5) is 42.7. The van der Waals surface area contributed by atoms with Crippen LogP contribution in [0.1, 0.15) is 28.9 Å². The van der Waals surface area contributed by atoms with Gasteiger partial charge in [0.15, 0.2) is 0 Å². The molecule has 0 aliphatic heterocycles. The quantitative estimate of drug-likeness (QED) is 0.747. The van der Waals surface area contributed by atoms with E-state index in [-0.39, 0.29) is 28.2 Å². The number of carbonyl (C=O) groups excluding carboxylic acids is 1. The molecular formula is C18H16N4O3. The van der Waals surface area contributed by atoms with Crippen molar-refractivity contribution in [1.29, 1.82) is 0 Å². The third-order valence-electron chi connectivity index (χ3n) is 4.62. The summed E-state index contributed by atoms with van der Waals surface area (Å²) in [5, 5.41) is 3.31. The number of amides is 1. The summed E-state index contributed by atoms with van der Waals surface area (Å²) in [6, 6.07) is 12.8. The molecule has 2 N–H and O–H groups in total. The van der Waals surface area contributed by atoms with Gasteiger partial charge in [-0.25, -0.2) is 9.78 Å². The van der Waals surface area contributed by atoms with Gasteiger partial charge in [0.25, 0.3) is 11.5 Å². The molecule has 0 unspecified atom stereocenters. The minimum Gasteiger partial charge on any atom is -0.341 e. The summed E-state index contributed by atoms with van der Waals surface area (Å²) in [5.41, 5.74) is -0.00470. The van der Waals surface area contributed by atoms with Crippen molar-refractivity contribution in [2.24, 2.45) is 7.05 Å². The molecule has 2 aromatic heterocycles. The SMILES string of the molecule is Cn1c(=O)[nH]c(=O)c2ccc(C(=O)NC3(c4ccccc4)CC3)nc21. The highest BCUT2D eigenvalue weighted by molar-refractivity contribution is 5.95. The normalized spacial score (nSPS) is 15.1. The largest absolute Gasteiger partial charge is 0.341 e. The smallest absolute Gasteiger partial charge is 0.329 e. The molecule has 3 aromatic rings. The van der Waals surface area contributed by atoms with Gasteiger partial charge in [-0.1, -0.05) is 30.3 Å². The van der Waals surface area contributed by atoms with E-state index in [9.17, 15) is 14.4 Å². The number of hydrogen-bond acceptors (Lipinski definition) is 4. The van der Waals surface area contributed by atoms with Crippen molar-refractivity contribution in [2.45, 2.75) is 18.4 Å². The van der Waals surface area contributed by atoms with E-state index in [1.54, 1.807) is 0 Å². The molecule has 2 heterocycles. The number of carbonyl (C=O) groups is 1. The third-order valence-corrected chi connectivity index (χ3v) is 4.62. The highest BCUT2D eigenvalue weighted by atomic mass is 16.2. The summed E-state index contributed by atoms with van der Waals surface area (Å²) in [7, 11) is 1.50. The zero-order chi connectivity index (χ0) is 17.6. The minimum absolute atomic E-state index is 0.176. The Labute approximate surface area is 142 Å². The Kier molecular flexibility index (Phi) is 3.31. The van der Waals surface area contributed by atoms with E-state index in [4.69, 9.17) is 0 Å². The molecule has 4 rings (SSSR count). The van der Waals surface area contributed by atoms with Crippen LogP contribution in [-0.4, -0.2) is 20.4 Å². The van der Waals surface area contributed by atoms with E-state index in [1.165, 1.54) is 23.7 Å². The molecule has 25 heavy (non-hydrogen) atoms. The third kappa shape index (κ3) is 2.53. The molecule has 0 bridgehead atoms. The molecule has 1 amide bonds. The van der Waals surface area contributed by atoms with Crippen molar-refractivity contribution in [3.63, 3.8) is 0 Å². The molecule has 7 nitrogen and oxygen atoms in total. The Balaban J connectivity index is 1.71. The number of fused-ring (bicyclic) bond motifs is 1. The molecule has 1 aliphatic rings. The number of rotatable bonds is 3. The first-order valence-corrected chi connectivity index (χ1v) is 7.98. The Morgan fingerprint density at radius 2 is 1.88 bits per heavy atom. The number of pyridine rings is 1. The zero-order valence-electron chi connectivity index (χ0n) is 13.6. The molecule has 0 atom stereocenters. The fraction of sp³-hybridized carbons (Fsp3) is 0.222. The molecule has 1 fully saturated rings. The average molecular weight is 336 g/mol. The highest BCUT2D eigenvalue weighted by Crippen LogP contribution is 2.45. The summed E-state index contributed by atoms with van der Waals surface area (Å²) in [6.07, 6.45) is 1.74. The van der Waals surface area contributed by atoms with Gasteiger partial charge in [0.05, 0.1) is 10.9 Å². The summed E-state index contributed by atoms with van der Waals surface area (Å²) in [6.45, 7) is 0. The van der Waals surface area contributed by atoms with Gasteiger partial charge in [0, 0.05) is 7.05 Å². The number of benzene rings is 1. The maximum atomic E-state index is 12.7. The maximum absolute atomic E-state index is 12.7. The first-order chi connectivity index (χ1) is 12.0. The van der Waals surface area contributed by atoms with E-state index < -0.39 is 11.2 Å². The van der Waals surface area contributed by atoms with Gasteiger partial charge in [0.2, 0.25) is 0 Å². The standard InChI is InChI=1S/C18H16N4O3/c1-22-14-12(15(23)20-17(22)25)7-8-13(19-14)16(24)21-18(9-10-18)11-5-3-2-4-6-11/h2-8H,9-10H2,1H3,(H,21,24)(H,20,23,25). The average Bonchev–Trinajstić information content (AvgIpc) is 3.41. The summed E-state index contributed by atoms with van der Waals surface area (Å²) >= 11 is 0. The van der Waals surface area contributed by atoms with Gasteiger partial charge >= 0.3 is 5.69 Å². The first-order valence-electron chi connectivity index (χ1n) is 7.98. The fourth-order valence-electron chi connectivity index (χ4n) is 3.00. The number of nitrogens with one attached hydrogen (secondary N) is 2. The molecule has 1 aromatic carbocycles. The van der Waals surface area contributed by atoms with Crippen LogP contribution in [0.25, 0.3) is 11.0 Å². The van der Waals surface area contributed by atoms with Crippen molar-refractivity contribution in [3.05, 3.63) is 74.6 Å². The molecule has 1 aliphatic carbocycles. The summed E-state index contributed by atoms with van der Waals surface area (Å²) < 4.78 is 1.22. The number of aromatic amines is 1. The number of H-pyrrole nitrogens is 1. The second-order valence-corrected chi connectivity index (χ2v) is 6.29. The number of nitrogens with zero attached hydrogens (tertiary/aromatic N) is 2. The molecule has 0 saturated heterocycles. The van der Waals surface area contributed by atoms with Gasteiger partial charge in [0.1, 0.15) is 11.3 Å². The fourth-order valence-corrected chi connectivity index (χ4v) is 3.00. The van der Waals surface area contributed by atoms with Crippen LogP contribution in [0.2, 0.25) is 0 Å². The monoisotopic (exact) mass is 336 g/mol. The van der Waals surface area contributed by atoms with E-state index in [1.807, 2.05) is 30.3 Å². The van der Waals surface area contributed by atoms with E-state index in [2.05, 4.69) is 15.3 Å². The van der Waals surface area contributed by atoms with Gasteiger partial charge < -0.3 is 5.32 Å². The second kappa shape index (κ2) is 5.41. The van der Waals surface area contributed by atoms with Crippen LogP contribution in [0, 0.1) is 0 Å². The van der Waals surface area contributed by atoms with Crippen LogP contribution in [0.15, 0.2) is 52.1 Å². The van der Waals surface area contributed by atoms with Crippen molar-refractivity contribution < 1.29 is 4.79 Å². The lowest BCUT2D eigenvalue weighted by Gasteiger charge is -2.17. The highest BCUT2D eigenvalue weighted by Gasteiger charge is 2.45. The molecule has 7 heteroatoms. The van der Waals surface area contributed by atoms with Crippen molar-refractivity contribution >= 4 is 16.9 Å². The first kappa shape index (κ1) is 15.3. The zero-order valence-corrected chi connectivity index (χ0v) is 13.6. The van der Waals surface area contributed by atoms with E-state index in [0.717, 1.165) is 18.4 Å². The lowest BCUT2D eigenvalue weighted by Crippen LogP contribution is -2.36. The number of aryl methyl sites for hydroxylation is 1. The van der Waals surface area contributed by atoms with Crippen LogP contribution in [0.5, 0.6) is 0 Å². The van der Waals surface area contributed by atoms with Gasteiger partial charge in [-0.3, -0.25) is 19.1 Å². The van der Waals surface area contributed by atoms with Crippen LogP contribution >= 0.6 is 0 Å². The Morgan fingerprint density at radius 3 is 2.56 bits per heavy atom. The predicted molar refractivity (Wildman–Crippen MR) is 92.4 cm³/mol. The Morgan fingerprint density at radius 1 is 1.16 bits per heavy atom. The number of hydrogen-bond donors (Lipinski definition) is 2. The predicted octanol–water partition coefficient (Wildman–Crippen LogP) is 1.04. The van der Waals surface area contributed by atoms with Crippen LogP contribution < -0.4 is 16.6 Å². The maximum Gasteiger partial charge on any atom is 0.329 e. The van der Waals surface area contributed by atoms with Crippen LogP contribution in [0.3, 0.4) is 0 Å². The van der Waals surface area contributed by atoms with E-state index >= 15 is 0 Å². The van der Waals surface area contributed by atoms with Crippen LogP contribution in [0.4, 0.5) is 0 Å². The number of aromatic nitrogens is 3. The molecule has 0 radical (unpaired) electrons. The summed E-state index contributed by atoms with van der Waals surface area (Å²) in [5.74, 6) is -0.323. The van der Waals surface area contributed by atoms with Gasteiger partial charge in [-0.2, -0.15) is 0 Å². The van der Waals surface area contributed by atoms with Gasteiger partial charge in [-0.05, 0) is 30.5 Å². The molecular weight excluding hydrogens is 320 g/mol. The van der Waals surface area contributed by atoms with E-state index in [0.29, 0.717) is 0 Å². The lowest BCUT2D eigenvalue weighted by atomic mass is 10.0. The lowest BCUT2D eigenvalue weighted by molar-refractivity contribution is 0.0926. The minimum atomic E-state index is -0.564. The Bertz CT molecular complexity index is 1090. The van der Waals surface area contributed by atoms with Crippen molar-refractivity contribution in [2.75, 3.05) is 0 Å². The van der Waals surface area contributed by atoms with Crippen molar-refractivity contribution in [1.82, 2.24) is 19.9 Å². The topological polar surface area (TPSA) is 96.9 Å². The second-order valence-electron chi connectivity index (χ2n) is 6.29.